The zero-order chi connectivity index (χ0) is 15.5. The highest BCUT2D eigenvalue weighted by molar-refractivity contribution is 5.42. The maximum Gasteiger partial charge on any atom is 0.171 e. The SMILES string of the molecule is C[C@H]1[C@@H]2CCc3c(nn(C)c3C#N)C2(C)CCC12OCCO2. The van der Waals surface area contributed by atoms with E-state index in [1.165, 1.54) is 5.56 Å². The molecule has 1 spiro atoms. The van der Waals surface area contributed by atoms with Gasteiger partial charge in [-0.05, 0) is 25.2 Å². The highest BCUT2D eigenvalue weighted by atomic mass is 16.7. The quantitative estimate of drug-likeness (QED) is 0.737. The third-order valence-electron chi connectivity index (χ3n) is 6.38. The average Bonchev–Trinajstić information content (AvgIpc) is 3.09. The van der Waals surface area contributed by atoms with Crippen LogP contribution in [0.3, 0.4) is 0 Å². The predicted octanol–water partition coefficient (Wildman–Crippen LogP) is 2.28. The van der Waals surface area contributed by atoms with Crippen molar-refractivity contribution in [1.82, 2.24) is 9.78 Å². The van der Waals surface area contributed by atoms with Crippen LogP contribution >= 0.6 is 0 Å². The Kier molecular flexibility index (Phi) is 2.95. The Hall–Kier alpha value is -1.38. The van der Waals surface area contributed by atoms with E-state index in [0.29, 0.717) is 25.0 Å². The molecular formula is C17H23N3O2. The normalized spacial score (nSPS) is 35.9. The first kappa shape index (κ1) is 14.2. The Bertz CT molecular complexity index is 654. The third-order valence-corrected chi connectivity index (χ3v) is 6.38. The summed E-state index contributed by atoms with van der Waals surface area (Å²) < 4.78 is 13.8. The lowest BCUT2D eigenvalue weighted by molar-refractivity contribution is -0.234. The molecule has 4 rings (SSSR count). The van der Waals surface area contributed by atoms with Crippen LogP contribution in [-0.2, 0) is 28.4 Å². The van der Waals surface area contributed by atoms with Crippen LogP contribution in [0.1, 0.15) is 50.1 Å². The number of fused-ring (bicyclic) bond motifs is 3. The fourth-order valence-corrected chi connectivity index (χ4v) is 5.15. The Morgan fingerprint density at radius 3 is 2.73 bits per heavy atom. The van der Waals surface area contributed by atoms with Crippen LogP contribution in [0.25, 0.3) is 0 Å². The van der Waals surface area contributed by atoms with Crippen molar-refractivity contribution in [3.63, 3.8) is 0 Å². The van der Waals surface area contributed by atoms with E-state index in [0.717, 1.165) is 37.1 Å². The molecule has 3 atom stereocenters. The van der Waals surface area contributed by atoms with Gasteiger partial charge in [-0.3, -0.25) is 4.68 Å². The van der Waals surface area contributed by atoms with Crippen molar-refractivity contribution in [3.05, 3.63) is 17.0 Å². The Balaban J connectivity index is 1.77. The van der Waals surface area contributed by atoms with E-state index in [-0.39, 0.29) is 11.2 Å². The van der Waals surface area contributed by atoms with Gasteiger partial charge in [0, 0.05) is 30.4 Å². The van der Waals surface area contributed by atoms with Crippen molar-refractivity contribution in [2.24, 2.45) is 18.9 Å². The number of nitriles is 1. The minimum absolute atomic E-state index is 0.0282. The monoisotopic (exact) mass is 301 g/mol. The maximum atomic E-state index is 9.41. The molecule has 1 aromatic heterocycles. The largest absolute Gasteiger partial charge is 0.347 e. The third kappa shape index (κ3) is 1.63. The second-order valence-corrected chi connectivity index (χ2v) is 7.27. The van der Waals surface area contributed by atoms with Crippen LogP contribution in [0.4, 0.5) is 0 Å². The summed E-state index contributed by atoms with van der Waals surface area (Å²) in [7, 11) is 1.88. The first-order valence-corrected chi connectivity index (χ1v) is 8.26. The van der Waals surface area contributed by atoms with E-state index < -0.39 is 0 Å². The van der Waals surface area contributed by atoms with Crippen LogP contribution in [0.15, 0.2) is 0 Å². The molecule has 5 nitrogen and oxygen atoms in total. The van der Waals surface area contributed by atoms with Gasteiger partial charge in [0.05, 0.1) is 18.9 Å². The molecule has 3 aliphatic rings. The van der Waals surface area contributed by atoms with Crippen molar-refractivity contribution < 1.29 is 9.47 Å². The van der Waals surface area contributed by atoms with Gasteiger partial charge in [-0.15, -0.1) is 0 Å². The summed E-state index contributed by atoms with van der Waals surface area (Å²) in [4.78, 5) is 0. The Morgan fingerprint density at radius 2 is 2.05 bits per heavy atom. The van der Waals surface area contributed by atoms with Gasteiger partial charge in [-0.25, -0.2) is 0 Å². The fraction of sp³-hybridized carbons (Fsp3) is 0.765. The van der Waals surface area contributed by atoms with Gasteiger partial charge < -0.3 is 9.47 Å². The van der Waals surface area contributed by atoms with Gasteiger partial charge in [0.15, 0.2) is 5.79 Å². The molecule has 0 amide bonds. The molecule has 1 aliphatic heterocycles. The summed E-state index contributed by atoms with van der Waals surface area (Å²) in [5.41, 5.74) is 3.07. The summed E-state index contributed by atoms with van der Waals surface area (Å²) in [6.45, 7) is 6.01. The number of aromatic nitrogens is 2. The van der Waals surface area contributed by atoms with Crippen molar-refractivity contribution in [1.29, 1.82) is 5.26 Å². The minimum atomic E-state index is -0.380. The van der Waals surface area contributed by atoms with E-state index in [2.05, 4.69) is 19.9 Å². The van der Waals surface area contributed by atoms with Gasteiger partial charge >= 0.3 is 0 Å². The zero-order valence-electron chi connectivity index (χ0n) is 13.6. The molecule has 1 saturated heterocycles. The first-order chi connectivity index (χ1) is 10.5. The van der Waals surface area contributed by atoms with E-state index in [1.807, 2.05) is 7.05 Å². The summed E-state index contributed by atoms with van der Waals surface area (Å²) in [5, 5.41) is 14.2. The summed E-state index contributed by atoms with van der Waals surface area (Å²) in [6.07, 6.45) is 3.95. The van der Waals surface area contributed by atoms with Gasteiger partial charge in [-0.1, -0.05) is 13.8 Å². The molecule has 0 aromatic carbocycles. The molecule has 118 valence electrons. The minimum Gasteiger partial charge on any atom is -0.347 e. The molecule has 2 heterocycles. The number of aryl methyl sites for hydroxylation is 1. The second-order valence-electron chi connectivity index (χ2n) is 7.27. The zero-order valence-corrected chi connectivity index (χ0v) is 13.6. The van der Waals surface area contributed by atoms with E-state index in [9.17, 15) is 5.26 Å². The summed E-state index contributed by atoms with van der Waals surface area (Å²) in [5.74, 6) is 0.469. The van der Waals surface area contributed by atoms with Crippen LogP contribution in [0.2, 0.25) is 0 Å². The molecule has 0 radical (unpaired) electrons. The topological polar surface area (TPSA) is 60.1 Å². The smallest absolute Gasteiger partial charge is 0.171 e. The van der Waals surface area contributed by atoms with Gasteiger partial charge in [0.2, 0.25) is 0 Å². The number of hydrogen-bond acceptors (Lipinski definition) is 4. The molecular weight excluding hydrogens is 278 g/mol. The lowest BCUT2D eigenvalue weighted by Crippen LogP contribution is -2.55. The molecule has 1 unspecified atom stereocenters. The number of ether oxygens (including phenoxy) is 2. The van der Waals surface area contributed by atoms with Crippen molar-refractivity contribution >= 4 is 0 Å². The van der Waals surface area contributed by atoms with Crippen molar-refractivity contribution in [3.8, 4) is 6.07 Å². The standard InChI is InChI=1S/C17H23N3O2/c1-11-13-5-4-12-14(10-18)20(3)19-15(12)16(13,2)6-7-17(11)21-8-9-22-17/h11,13H,4-9H2,1-3H3/t11-,13-,16?/m0/s1. The average molecular weight is 301 g/mol. The Morgan fingerprint density at radius 1 is 1.32 bits per heavy atom. The van der Waals surface area contributed by atoms with Crippen LogP contribution in [-0.4, -0.2) is 28.8 Å². The van der Waals surface area contributed by atoms with Gasteiger partial charge in [0.25, 0.3) is 0 Å². The number of nitrogens with zero attached hydrogens (tertiary/aromatic N) is 3. The number of rotatable bonds is 0. The highest BCUT2D eigenvalue weighted by Crippen LogP contribution is 2.56. The van der Waals surface area contributed by atoms with E-state index in [4.69, 9.17) is 14.6 Å². The lowest BCUT2D eigenvalue weighted by atomic mass is 9.55. The van der Waals surface area contributed by atoms with Crippen molar-refractivity contribution in [2.75, 3.05) is 13.2 Å². The fourth-order valence-electron chi connectivity index (χ4n) is 5.15. The molecule has 0 N–H and O–H groups in total. The van der Waals surface area contributed by atoms with Gasteiger partial charge in [-0.2, -0.15) is 10.4 Å². The summed E-state index contributed by atoms with van der Waals surface area (Å²) in [6, 6.07) is 2.33. The molecule has 22 heavy (non-hydrogen) atoms. The second kappa shape index (κ2) is 4.56. The molecule has 2 fully saturated rings. The molecule has 5 heteroatoms. The van der Waals surface area contributed by atoms with Crippen LogP contribution < -0.4 is 0 Å². The highest BCUT2D eigenvalue weighted by Gasteiger charge is 2.58. The first-order valence-electron chi connectivity index (χ1n) is 8.26. The lowest BCUT2D eigenvalue weighted by Gasteiger charge is -2.53. The Labute approximate surface area is 131 Å². The molecule has 1 aromatic rings. The molecule has 1 saturated carbocycles. The van der Waals surface area contributed by atoms with Crippen LogP contribution in [0, 0.1) is 23.2 Å². The van der Waals surface area contributed by atoms with Crippen LogP contribution in [0.5, 0.6) is 0 Å². The van der Waals surface area contributed by atoms with E-state index >= 15 is 0 Å². The predicted molar refractivity (Wildman–Crippen MR) is 80.1 cm³/mol. The van der Waals surface area contributed by atoms with Crippen molar-refractivity contribution in [2.45, 2.75) is 50.7 Å². The molecule has 2 aliphatic carbocycles. The van der Waals surface area contributed by atoms with Gasteiger partial charge in [0.1, 0.15) is 11.8 Å². The molecule has 0 bridgehead atoms. The van der Waals surface area contributed by atoms with E-state index in [1.54, 1.807) is 4.68 Å². The summed E-state index contributed by atoms with van der Waals surface area (Å²) >= 11 is 0. The number of hydrogen-bond donors (Lipinski definition) is 0. The maximum absolute atomic E-state index is 9.41.